The number of benzene rings is 1. The summed E-state index contributed by atoms with van der Waals surface area (Å²) in [5.41, 5.74) is -1.70. The number of cyclic esters (lactones) is 1. The number of carbonyl (C=O) groups is 1. The maximum Gasteiger partial charge on any atom is 0.407 e. The van der Waals surface area contributed by atoms with Crippen LogP contribution in [0.2, 0.25) is 0 Å². The molecule has 0 radical (unpaired) electrons. The number of H-pyrrole nitrogens is 1. The average molecular weight is 298 g/mol. The molecule has 0 spiro atoms. The minimum atomic E-state index is -2.93. The summed E-state index contributed by atoms with van der Waals surface area (Å²) in [6, 6.07) is -4.68. The highest BCUT2D eigenvalue weighted by Gasteiger charge is 2.22. The monoisotopic (exact) mass is 298 g/mol. The van der Waals surface area contributed by atoms with Gasteiger partial charge in [0.15, 0.2) is 0 Å². The maximum atomic E-state index is 11.5. The van der Waals surface area contributed by atoms with Crippen molar-refractivity contribution in [3.63, 3.8) is 0 Å². The van der Waals surface area contributed by atoms with Crippen LogP contribution in [0.15, 0.2) is 24.3 Å². The van der Waals surface area contributed by atoms with Crippen molar-refractivity contribution < 1.29 is 24.6 Å². The van der Waals surface area contributed by atoms with Crippen molar-refractivity contribution in [1.82, 2.24) is 15.2 Å². The Labute approximate surface area is 139 Å². The Morgan fingerprint density at radius 2 is 2.43 bits per heavy atom. The second-order valence-electron chi connectivity index (χ2n) is 4.56. The van der Waals surface area contributed by atoms with Crippen molar-refractivity contribution in [2.24, 2.45) is 0 Å². The van der Waals surface area contributed by atoms with Gasteiger partial charge in [-0.3, -0.25) is 0 Å². The largest absolute Gasteiger partial charge is 0.447 e. The molecular weight excluding hydrogens is 266 g/mol. The Hall–Kier alpha value is -2.01. The molecule has 5 nitrogen and oxygen atoms in total. The molecule has 0 unspecified atom stereocenters. The molecule has 5 heteroatoms. The van der Waals surface area contributed by atoms with Crippen LogP contribution in [0.5, 0.6) is 0 Å². The number of fused-ring (bicyclic) bond motifs is 1. The van der Waals surface area contributed by atoms with Gasteiger partial charge in [-0.15, -0.1) is 0 Å². The van der Waals surface area contributed by atoms with Crippen LogP contribution in [0, 0.1) is 0 Å². The summed E-state index contributed by atoms with van der Waals surface area (Å²) in [5.74, 6) is 0. The highest BCUT2D eigenvalue weighted by Crippen LogP contribution is 2.21. The van der Waals surface area contributed by atoms with Crippen molar-refractivity contribution in [2.45, 2.75) is 18.8 Å². The molecule has 112 valence electrons. The highest BCUT2D eigenvalue weighted by molar-refractivity contribution is 5.84. The van der Waals surface area contributed by atoms with Crippen LogP contribution < -0.4 is 5.32 Å². The number of likely N-dealkylation sites (N-methyl/N-ethyl adjacent to an activating group) is 1. The first-order valence-corrected chi connectivity index (χ1v) is 6.17. The van der Waals surface area contributed by atoms with Gasteiger partial charge in [-0.1, -0.05) is 6.04 Å². The van der Waals surface area contributed by atoms with Gasteiger partial charge in [0.25, 0.3) is 0 Å². The van der Waals surface area contributed by atoms with Crippen LogP contribution in [0.25, 0.3) is 10.9 Å². The smallest absolute Gasteiger partial charge is 0.407 e. The quantitative estimate of drug-likeness (QED) is 0.887. The number of nitrogens with one attached hydrogen (secondary N) is 2. The number of hydrogen-bond acceptors (Lipinski definition) is 3. The van der Waals surface area contributed by atoms with Crippen molar-refractivity contribution >= 4 is 17.0 Å². The van der Waals surface area contributed by atoms with Gasteiger partial charge < -0.3 is 19.9 Å². The van der Waals surface area contributed by atoms with E-state index in [1.54, 1.807) is 0 Å². The van der Waals surface area contributed by atoms with E-state index in [2.05, 4.69) is 9.72 Å². The standard InChI is InChI=1S/C16H21N3O2/c1-19(2)6-5-12-9-17-15-4-3-11(8-14(12)15)7-13-10-21-16(20)18-13/h3-4,8-9,13,17H,5-7,10H2,1-2H3,(H,18,20)/t13-/m0/s1/i3D,4D,5D2,6D2,7D2,8D,9D,13D. The number of rotatable bonds is 5. The van der Waals surface area contributed by atoms with Crippen LogP contribution in [-0.4, -0.2) is 49.2 Å². The molecule has 1 saturated heterocycles. The zero-order valence-corrected chi connectivity index (χ0v) is 11.5. The molecule has 2 N–H and O–H groups in total. The fourth-order valence-corrected chi connectivity index (χ4v) is 1.75. The summed E-state index contributed by atoms with van der Waals surface area (Å²) in [6.07, 6.45) is -7.53. The first kappa shape index (κ1) is 6.01. The van der Waals surface area contributed by atoms with Gasteiger partial charge >= 0.3 is 6.09 Å². The molecule has 3 rings (SSSR count). The van der Waals surface area contributed by atoms with Crippen LogP contribution in [0.1, 0.15) is 26.2 Å². The Bertz CT molecular complexity index is 1110. The maximum absolute atomic E-state index is 11.5. The lowest BCUT2D eigenvalue weighted by Crippen LogP contribution is -2.28. The minimum Gasteiger partial charge on any atom is -0.447 e. The van der Waals surface area contributed by atoms with Gasteiger partial charge in [0, 0.05) is 31.8 Å². The number of aryl methyl sites for hydroxylation is 1. The fraction of sp³-hybridized carbons (Fsp3) is 0.438. The summed E-state index contributed by atoms with van der Waals surface area (Å²) in [6.45, 7) is -3.41. The number of hydrogen-bond donors (Lipinski definition) is 2. The lowest BCUT2D eigenvalue weighted by atomic mass is 10.0. The van der Waals surface area contributed by atoms with Crippen LogP contribution in [0.3, 0.4) is 0 Å². The minimum absolute atomic E-state index is 0.302. The van der Waals surface area contributed by atoms with E-state index in [0.717, 1.165) is 4.90 Å². The van der Waals surface area contributed by atoms with E-state index in [9.17, 15) is 4.79 Å². The Morgan fingerprint density at radius 3 is 3.14 bits per heavy atom. The molecule has 1 aromatic heterocycles. The zero-order chi connectivity index (χ0) is 24.6. The highest BCUT2D eigenvalue weighted by atomic mass is 16.6. The van der Waals surface area contributed by atoms with Gasteiger partial charge in [0.05, 0.1) is 12.9 Å². The van der Waals surface area contributed by atoms with Crippen LogP contribution in [0.4, 0.5) is 4.79 Å². The van der Waals surface area contributed by atoms with E-state index in [0.29, 0.717) is 0 Å². The van der Waals surface area contributed by atoms with Crippen LogP contribution in [-0.2, 0) is 17.5 Å². The molecule has 1 aromatic carbocycles. The number of ether oxygens (including phenoxy) is 1. The third kappa shape index (κ3) is 3.19. The number of carbonyl (C=O) groups excluding carboxylic acids is 1. The second-order valence-corrected chi connectivity index (χ2v) is 4.56. The Morgan fingerprint density at radius 1 is 1.57 bits per heavy atom. The van der Waals surface area contributed by atoms with E-state index in [1.165, 1.54) is 14.1 Å². The first-order chi connectivity index (χ1) is 14.4. The zero-order valence-electron chi connectivity index (χ0n) is 22.5. The lowest BCUT2D eigenvalue weighted by Gasteiger charge is -2.09. The molecule has 1 aliphatic heterocycles. The molecule has 0 saturated carbocycles. The number of aromatic amines is 1. The van der Waals surface area contributed by atoms with E-state index >= 15 is 0 Å². The molecule has 1 aliphatic rings. The average Bonchev–Trinajstić information content (AvgIpc) is 3.20. The molecule has 1 fully saturated rings. The van der Waals surface area contributed by atoms with Gasteiger partial charge in [-0.2, -0.15) is 0 Å². The SMILES string of the molecule is [2H]c1[nH]c2c([2H])c([2H])c(C([2H])([2H])[C@@]3([2H])COC(=O)N3)c([2H])c2c1C([2H])([2H])C([2H])([2H])N(C)C. The van der Waals surface area contributed by atoms with E-state index in [4.69, 9.17) is 15.1 Å². The van der Waals surface area contributed by atoms with E-state index in [-0.39, 0.29) is 5.52 Å². The van der Waals surface area contributed by atoms with Gasteiger partial charge in [-0.05, 0) is 50.1 Å². The van der Waals surface area contributed by atoms with Gasteiger partial charge in [-0.25, -0.2) is 4.79 Å². The lowest BCUT2D eigenvalue weighted by molar-refractivity contribution is 0.177. The number of aromatic nitrogens is 1. The predicted molar refractivity (Wildman–Crippen MR) is 82.5 cm³/mol. The molecule has 2 aromatic rings. The topological polar surface area (TPSA) is 57.4 Å². The molecular formula is C16H21N3O2. The molecule has 0 aliphatic carbocycles. The van der Waals surface area contributed by atoms with E-state index < -0.39 is 78.8 Å². The first-order valence-electron chi connectivity index (χ1n) is 11.7. The fourth-order valence-electron chi connectivity index (χ4n) is 1.75. The Kier molecular flexibility index (Phi) is 1.65. The number of alkyl carbamates (subject to hydrolysis) is 1. The normalized spacial score (nSPS) is 31.4. The van der Waals surface area contributed by atoms with Gasteiger partial charge in [0.1, 0.15) is 6.61 Å². The van der Waals surface area contributed by atoms with Crippen LogP contribution >= 0.6 is 0 Å². The van der Waals surface area contributed by atoms with Crippen molar-refractivity contribution in [3.8, 4) is 0 Å². The Balaban J connectivity index is 2.41. The molecule has 21 heavy (non-hydrogen) atoms. The summed E-state index contributed by atoms with van der Waals surface area (Å²) in [7, 11) is 2.57. The predicted octanol–water partition coefficient (Wildman–Crippen LogP) is 1.92. The number of amides is 1. The number of nitrogens with zero attached hydrogens (tertiary/aromatic N) is 1. The van der Waals surface area contributed by atoms with Crippen molar-refractivity contribution in [2.75, 3.05) is 27.2 Å². The molecule has 2 heterocycles. The van der Waals surface area contributed by atoms with Crippen molar-refractivity contribution in [1.29, 1.82) is 0 Å². The van der Waals surface area contributed by atoms with E-state index in [1.807, 2.05) is 5.32 Å². The summed E-state index contributed by atoms with van der Waals surface area (Å²) < 4.78 is 96.4. The summed E-state index contributed by atoms with van der Waals surface area (Å²) in [5, 5.41) is 1.55. The second kappa shape index (κ2) is 5.77. The molecule has 1 amide bonds. The van der Waals surface area contributed by atoms with Crippen molar-refractivity contribution in [3.05, 3.63) is 35.4 Å². The third-order valence-corrected chi connectivity index (χ3v) is 2.66. The third-order valence-electron chi connectivity index (χ3n) is 2.66. The summed E-state index contributed by atoms with van der Waals surface area (Å²) in [4.78, 5) is 14.8. The molecule has 0 bridgehead atoms. The molecule has 1 atom stereocenters. The van der Waals surface area contributed by atoms with Gasteiger partial charge in [0.2, 0.25) is 0 Å². The summed E-state index contributed by atoms with van der Waals surface area (Å²) >= 11 is 0.